The smallest absolute Gasteiger partial charge is 0.308 e. The monoisotopic (exact) mass is 319 g/mol. The highest BCUT2D eigenvalue weighted by atomic mass is 32.2. The van der Waals surface area contributed by atoms with Crippen LogP contribution in [0.4, 0.5) is 10.5 Å². The molecule has 0 fully saturated rings. The zero-order chi connectivity index (χ0) is 16.1. The lowest BCUT2D eigenvalue weighted by molar-refractivity contribution is -0.117. The van der Waals surface area contributed by atoms with Gasteiger partial charge in [0.05, 0.1) is 5.75 Å². The van der Waals surface area contributed by atoms with Crippen LogP contribution in [0, 0.1) is 20.8 Å². The molecular formula is C14H17N5O2S. The highest BCUT2D eigenvalue weighted by molar-refractivity contribution is 7.99. The lowest BCUT2D eigenvalue weighted by atomic mass is 10.1. The van der Waals surface area contributed by atoms with E-state index in [9.17, 15) is 9.59 Å². The largest absolute Gasteiger partial charge is 0.325 e. The minimum absolute atomic E-state index is 0.0671. The fraction of sp³-hybridized carbons (Fsp3) is 0.286. The van der Waals surface area contributed by atoms with Crippen molar-refractivity contribution < 1.29 is 9.59 Å². The first-order valence-corrected chi connectivity index (χ1v) is 7.62. The summed E-state index contributed by atoms with van der Waals surface area (Å²) in [5.74, 6) is 0.335. The summed E-state index contributed by atoms with van der Waals surface area (Å²) < 4.78 is 0. The predicted molar refractivity (Wildman–Crippen MR) is 84.9 cm³/mol. The number of anilines is 1. The molecule has 3 N–H and O–H groups in total. The van der Waals surface area contributed by atoms with Crippen molar-refractivity contribution in [1.82, 2.24) is 20.5 Å². The standard InChI is InChI=1S/C14H17N5O2S/c1-8-4-5-11(6-9(8)2)16-13(21)17-12(20)7-22-14-15-10(3)18-19-14/h4-6H,7H2,1-3H3,(H,15,18,19)(H2,16,17,20,21). The maximum absolute atomic E-state index is 11.7. The van der Waals surface area contributed by atoms with E-state index in [1.165, 1.54) is 0 Å². The molecule has 1 aromatic heterocycles. The zero-order valence-electron chi connectivity index (χ0n) is 12.6. The number of thioether (sulfide) groups is 1. The van der Waals surface area contributed by atoms with Crippen LogP contribution in [0.1, 0.15) is 17.0 Å². The first kappa shape index (κ1) is 16.0. The number of carbonyl (C=O) groups excluding carboxylic acids is 2. The second kappa shape index (κ2) is 7.08. The highest BCUT2D eigenvalue weighted by Gasteiger charge is 2.10. The van der Waals surface area contributed by atoms with Crippen molar-refractivity contribution in [2.45, 2.75) is 25.9 Å². The number of rotatable bonds is 4. The van der Waals surface area contributed by atoms with Crippen molar-refractivity contribution in [3.8, 4) is 0 Å². The quantitative estimate of drug-likeness (QED) is 0.750. The highest BCUT2D eigenvalue weighted by Crippen LogP contribution is 2.14. The van der Waals surface area contributed by atoms with Crippen LogP contribution in [0.3, 0.4) is 0 Å². The van der Waals surface area contributed by atoms with Gasteiger partial charge in [0.25, 0.3) is 0 Å². The summed E-state index contributed by atoms with van der Waals surface area (Å²) in [6.45, 7) is 5.72. The van der Waals surface area contributed by atoms with E-state index in [0.717, 1.165) is 22.9 Å². The van der Waals surface area contributed by atoms with Gasteiger partial charge in [-0.15, -0.1) is 5.10 Å². The van der Waals surface area contributed by atoms with E-state index in [-0.39, 0.29) is 5.75 Å². The van der Waals surface area contributed by atoms with E-state index in [4.69, 9.17) is 0 Å². The number of hydrogen-bond donors (Lipinski definition) is 3. The minimum atomic E-state index is -0.556. The van der Waals surface area contributed by atoms with Gasteiger partial charge in [0.1, 0.15) is 5.82 Å². The SMILES string of the molecule is Cc1nc(SCC(=O)NC(=O)Nc2ccc(C)c(C)c2)n[nH]1. The van der Waals surface area contributed by atoms with E-state index >= 15 is 0 Å². The van der Waals surface area contributed by atoms with Crippen LogP contribution < -0.4 is 10.6 Å². The molecule has 0 aliphatic rings. The third-order valence-corrected chi connectivity index (χ3v) is 3.77. The van der Waals surface area contributed by atoms with Gasteiger partial charge < -0.3 is 5.32 Å². The molecule has 0 saturated carbocycles. The van der Waals surface area contributed by atoms with Gasteiger partial charge in [-0.25, -0.2) is 9.78 Å². The first-order chi connectivity index (χ1) is 10.4. The van der Waals surface area contributed by atoms with E-state index in [0.29, 0.717) is 16.7 Å². The number of benzene rings is 1. The number of hydrogen-bond acceptors (Lipinski definition) is 5. The number of aryl methyl sites for hydroxylation is 3. The number of nitrogens with zero attached hydrogens (tertiary/aromatic N) is 2. The summed E-state index contributed by atoms with van der Waals surface area (Å²) in [6, 6.07) is 5.00. The average Bonchev–Trinajstić information content (AvgIpc) is 2.86. The van der Waals surface area contributed by atoms with Crippen molar-refractivity contribution in [3.05, 3.63) is 35.2 Å². The summed E-state index contributed by atoms with van der Waals surface area (Å²) in [4.78, 5) is 27.5. The number of aromatic nitrogens is 3. The van der Waals surface area contributed by atoms with Gasteiger partial charge in [-0.05, 0) is 44.0 Å². The second-order valence-corrected chi connectivity index (χ2v) is 5.74. The van der Waals surface area contributed by atoms with Crippen molar-refractivity contribution in [2.24, 2.45) is 0 Å². The van der Waals surface area contributed by atoms with Gasteiger partial charge in [-0.1, -0.05) is 17.8 Å². The Morgan fingerprint density at radius 1 is 1.23 bits per heavy atom. The topological polar surface area (TPSA) is 99.8 Å². The van der Waals surface area contributed by atoms with Crippen LogP contribution in [0.5, 0.6) is 0 Å². The molecule has 0 aliphatic carbocycles. The van der Waals surface area contributed by atoms with Crippen LogP contribution in [-0.4, -0.2) is 32.9 Å². The number of carbonyl (C=O) groups is 2. The molecule has 8 heteroatoms. The summed E-state index contributed by atoms with van der Waals surface area (Å²) in [7, 11) is 0. The minimum Gasteiger partial charge on any atom is -0.308 e. The maximum Gasteiger partial charge on any atom is 0.325 e. The molecular weight excluding hydrogens is 302 g/mol. The van der Waals surface area contributed by atoms with Crippen LogP contribution in [0.2, 0.25) is 0 Å². The molecule has 0 spiro atoms. The predicted octanol–water partition coefficient (Wildman–Crippen LogP) is 2.17. The van der Waals surface area contributed by atoms with Crippen LogP contribution in [0.25, 0.3) is 0 Å². The van der Waals surface area contributed by atoms with E-state index in [1.54, 1.807) is 13.0 Å². The average molecular weight is 319 g/mol. The fourth-order valence-corrected chi connectivity index (χ4v) is 2.31. The molecule has 0 saturated heterocycles. The molecule has 116 valence electrons. The number of aromatic amines is 1. The second-order valence-electron chi connectivity index (χ2n) is 4.79. The Morgan fingerprint density at radius 2 is 2.00 bits per heavy atom. The summed E-state index contributed by atoms with van der Waals surface area (Å²) in [6.07, 6.45) is 0. The van der Waals surface area contributed by atoms with Crippen LogP contribution >= 0.6 is 11.8 Å². The molecule has 0 atom stereocenters. The lowest BCUT2D eigenvalue weighted by Gasteiger charge is -2.08. The number of amides is 3. The number of urea groups is 1. The molecule has 3 amide bonds. The molecule has 0 aliphatic heterocycles. The molecule has 1 aromatic carbocycles. The molecule has 2 aromatic rings. The van der Waals surface area contributed by atoms with Gasteiger partial charge in [-0.3, -0.25) is 15.2 Å². The zero-order valence-corrected chi connectivity index (χ0v) is 13.4. The molecule has 7 nitrogen and oxygen atoms in total. The van der Waals surface area contributed by atoms with Gasteiger partial charge in [0, 0.05) is 5.69 Å². The van der Waals surface area contributed by atoms with Crippen LogP contribution in [-0.2, 0) is 4.79 Å². The Kier molecular flexibility index (Phi) is 5.16. The Balaban J connectivity index is 1.80. The summed E-state index contributed by atoms with van der Waals surface area (Å²) >= 11 is 1.16. The third kappa shape index (κ3) is 4.59. The lowest BCUT2D eigenvalue weighted by Crippen LogP contribution is -2.35. The normalized spacial score (nSPS) is 10.3. The van der Waals surface area contributed by atoms with Gasteiger partial charge in [0.2, 0.25) is 11.1 Å². The van der Waals surface area contributed by atoms with Crippen molar-refractivity contribution in [1.29, 1.82) is 0 Å². The molecule has 2 rings (SSSR count). The van der Waals surface area contributed by atoms with Gasteiger partial charge in [0.15, 0.2) is 0 Å². The first-order valence-electron chi connectivity index (χ1n) is 6.64. The van der Waals surface area contributed by atoms with Crippen molar-refractivity contribution in [2.75, 3.05) is 11.1 Å². The van der Waals surface area contributed by atoms with Crippen molar-refractivity contribution >= 4 is 29.4 Å². The Morgan fingerprint density at radius 3 is 2.64 bits per heavy atom. The summed E-state index contributed by atoms with van der Waals surface area (Å²) in [5.41, 5.74) is 2.85. The van der Waals surface area contributed by atoms with Crippen molar-refractivity contribution in [3.63, 3.8) is 0 Å². The van der Waals surface area contributed by atoms with E-state index in [2.05, 4.69) is 25.8 Å². The fourth-order valence-electron chi connectivity index (χ4n) is 1.66. The number of imide groups is 1. The Bertz CT molecular complexity index is 698. The molecule has 0 unspecified atom stereocenters. The molecule has 22 heavy (non-hydrogen) atoms. The third-order valence-electron chi connectivity index (χ3n) is 2.93. The Labute approximate surface area is 132 Å². The Hall–Kier alpha value is -2.35. The molecule has 0 radical (unpaired) electrons. The molecule has 1 heterocycles. The number of nitrogens with one attached hydrogen (secondary N) is 3. The van der Waals surface area contributed by atoms with E-state index in [1.807, 2.05) is 26.0 Å². The van der Waals surface area contributed by atoms with Crippen LogP contribution in [0.15, 0.2) is 23.4 Å². The summed E-state index contributed by atoms with van der Waals surface area (Å²) in [5, 5.41) is 11.9. The molecule has 0 bridgehead atoms. The van der Waals surface area contributed by atoms with Gasteiger partial charge >= 0.3 is 6.03 Å². The number of H-pyrrole nitrogens is 1. The maximum atomic E-state index is 11.7. The van der Waals surface area contributed by atoms with Gasteiger partial charge in [-0.2, -0.15) is 0 Å². The van der Waals surface area contributed by atoms with E-state index < -0.39 is 11.9 Å².